The van der Waals surface area contributed by atoms with Crippen molar-refractivity contribution in [3.8, 4) is 0 Å². The summed E-state index contributed by atoms with van der Waals surface area (Å²) in [5.74, 6) is 1.36. The van der Waals surface area contributed by atoms with Gasteiger partial charge in [0.25, 0.3) is 0 Å². The maximum absolute atomic E-state index is 6.27. The van der Waals surface area contributed by atoms with Gasteiger partial charge in [-0.3, -0.25) is 9.80 Å². The van der Waals surface area contributed by atoms with Gasteiger partial charge in [0.15, 0.2) is 11.6 Å². The summed E-state index contributed by atoms with van der Waals surface area (Å²) in [4.78, 5) is 15.1. The zero-order valence-corrected chi connectivity index (χ0v) is 28.7. The molecular formula is C44H26N6O2S. The molecule has 9 heteroatoms. The Balaban J connectivity index is 1.03. The van der Waals surface area contributed by atoms with E-state index < -0.39 is 0 Å². The van der Waals surface area contributed by atoms with E-state index in [1.807, 2.05) is 72.8 Å². The van der Waals surface area contributed by atoms with Gasteiger partial charge in [0, 0.05) is 51.1 Å². The van der Waals surface area contributed by atoms with Gasteiger partial charge in [-0.1, -0.05) is 72.8 Å². The van der Waals surface area contributed by atoms with Gasteiger partial charge in [0.2, 0.25) is 0 Å². The van der Waals surface area contributed by atoms with Crippen LogP contribution in [0.25, 0.3) is 64.4 Å². The minimum absolute atomic E-state index is 0.677. The molecule has 0 unspecified atom stereocenters. The Hall–Kier alpha value is -7.10. The van der Waals surface area contributed by atoms with Gasteiger partial charge >= 0.3 is 0 Å². The monoisotopic (exact) mass is 702 g/mol. The van der Waals surface area contributed by atoms with Crippen molar-refractivity contribution in [2.75, 3.05) is 9.80 Å². The van der Waals surface area contributed by atoms with E-state index in [9.17, 15) is 0 Å². The van der Waals surface area contributed by atoms with Gasteiger partial charge in [-0.15, -0.1) is 21.5 Å². The molecule has 8 nitrogen and oxygen atoms in total. The predicted molar refractivity (Wildman–Crippen MR) is 214 cm³/mol. The maximum Gasteiger partial charge on any atom is 0.161 e. The standard InChI is InChI=1S/C44H26N6O2S/c1-3-11-27(12-4-1)49(29-19-21-33-31-15-7-9-17-35(31)51-37(33)23-29)40-25-39-42(48-47-40)43-44(53-39)46-41(26-45-43)50(28-13-5-2-6-14-28)30-20-22-34-32-16-8-10-18-36(32)52-38(34)24-30/h1-26H. The Morgan fingerprint density at radius 2 is 0.962 bits per heavy atom. The molecule has 0 saturated carbocycles. The molecule has 5 aromatic heterocycles. The number of aromatic nitrogens is 4. The second-order valence-electron chi connectivity index (χ2n) is 12.8. The molecule has 0 atom stereocenters. The number of rotatable bonds is 6. The predicted octanol–water partition coefficient (Wildman–Crippen LogP) is 12.4. The summed E-state index contributed by atoms with van der Waals surface area (Å²) >= 11 is 1.55. The van der Waals surface area contributed by atoms with Crippen molar-refractivity contribution in [3.05, 3.63) is 158 Å². The van der Waals surface area contributed by atoms with E-state index in [-0.39, 0.29) is 0 Å². The smallest absolute Gasteiger partial charge is 0.161 e. The third kappa shape index (κ3) is 4.82. The third-order valence-electron chi connectivity index (χ3n) is 9.63. The molecule has 0 bridgehead atoms. The summed E-state index contributed by atoms with van der Waals surface area (Å²) in [6.45, 7) is 0. The molecule has 0 aliphatic heterocycles. The molecule has 0 aliphatic carbocycles. The molecule has 0 aliphatic rings. The van der Waals surface area contributed by atoms with Crippen LogP contribution in [0.2, 0.25) is 0 Å². The molecule has 11 rings (SSSR count). The highest BCUT2D eigenvalue weighted by Gasteiger charge is 2.22. The fourth-order valence-electron chi connectivity index (χ4n) is 7.21. The van der Waals surface area contributed by atoms with Crippen molar-refractivity contribution in [2.45, 2.75) is 0 Å². The summed E-state index contributed by atoms with van der Waals surface area (Å²) in [5, 5.41) is 13.8. The van der Waals surface area contributed by atoms with Gasteiger partial charge < -0.3 is 8.83 Å². The van der Waals surface area contributed by atoms with Gasteiger partial charge in [-0.2, -0.15) is 0 Å². The van der Waals surface area contributed by atoms with Crippen LogP contribution in [0.1, 0.15) is 0 Å². The summed E-state index contributed by atoms with van der Waals surface area (Å²) in [6, 6.07) is 51.2. The molecule has 0 N–H and O–H groups in total. The second kappa shape index (κ2) is 11.7. The number of thiophene rings is 1. The Morgan fingerprint density at radius 3 is 1.57 bits per heavy atom. The average Bonchev–Trinajstić information content (AvgIpc) is 3.89. The molecule has 0 amide bonds. The molecule has 53 heavy (non-hydrogen) atoms. The fourth-order valence-corrected chi connectivity index (χ4v) is 8.21. The molecule has 0 radical (unpaired) electrons. The molecular weight excluding hydrogens is 677 g/mol. The van der Waals surface area contributed by atoms with Crippen LogP contribution >= 0.6 is 11.3 Å². The van der Waals surface area contributed by atoms with E-state index in [1.165, 1.54) is 0 Å². The lowest BCUT2D eigenvalue weighted by molar-refractivity contribution is 0.668. The maximum atomic E-state index is 6.27. The first kappa shape index (κ1) is 29.6. The van der Waals surface area contributed by atoms with E-state index in [0.29, 0.717) is 22.7 Å². The summed E-state index contributed by atoms with van der Waals surface area (Å²) in [5.41, 5.74) is 8.50. The lowest BCUT2D eigenvalue weighted by Crippen LogP contribution is -2.12. The Labute approximate surface area is 305 Å². The summed E-state index contributed by atoms with van der Waals surface area (Å²) < 4.78 is 13.5. The van der Waals surface area contributed by atoms with Gasteiger partial charge in [0.05, 0.1) is 22.3 Å². The number of benzene rings is 6. The Bertz CT molecular complexity index is 2940. The summed E-state index contributed by atoms with van der Waals surface area (Å²) in [7, 11) is 0. The van der Waals surface area contributed by atoms with Crippen LogP contribution in [0.4, 0.5) is 34.4 Å². The second-order valence-corrected chi connectivity index (χ2v) is 13.8. The van der Waals surface area contributed by atoms with E-state index >= 15 is 0 Å². The van der Waals surface area contributed by atoms with Gasteiger partial charge in [0.1, 0.15) is 38.2 Å². The zero-order chi connectivity index (χ0) is 34.9. The molecule has 0 spiro atoms. The van der Waals surface area contributed by atoms with Crippen molar-refractivity contribution >= 4 is 110 Å². The van der Waals surface area contributed by atoms with Crippen LogP contribution in [0.5, 0.6) is 0 Å². The SMILES string of the molecule is c1ccc(N(c2ccc3c(c2)oc2ccccc23)c2cc3sc4nc(N(c5ccccc5)c5ccc6c(c5)oc5ccccc56)cnc4c3nn2)cc1. The number of hydrogen-bond acceptors (Lipinski definition) is 9. The highest BCUT2D eigenvalue weighted by atomic mass is 32.1. The number of para-hydroxylation sites is 4. The van der Waals surface area contributed by atoms with Crippen molar-refractivity contribution < 1.29 is 8.83 Å². The van der Waals surface area contributed by atoms with Crippen molar-refractivity contribution in [1.82, 2.24) is 20.2 Å². The molecule has 250 valence electrons. The quantitative estimate of drug-likeness (QED) is 0.169. The average molecular weight is 703 g/mol. The molecule has 0 fully saturated rings. The van der Waals surface area contributed by atoms with Crippen molar-refractivity contribution in [2.24, 2.45) is 0 Å². The zero-order valence-electron chi connectivity index (χ0n) is 27.9. The lowest BCUT2D eigenvalue weighted by atomic mass is 10.1. The van der Waals surface area contributed by atoms with Crippen molar-refractivity contribution in [1.29, 1.82) is 0 Å². The molecule has 0 saturated heterocycles. The molecule has 11 aromatic rings. The van der Waals surface area contributed by atoms with Crippen LogP contribution in [0.3, 0.4) is 0 Å². The van der Waals surface area contributed by atoms with Gasteiger partial charge in [-0.25, -0.2) is 9.97 Å². The molecule has 5 heterocycles. The highest BCUT2D eigenvalue weighted by molar-refractivity contribution is 7.25. The number of nitrogens with zero attached hydrogens (tertiary/aromatic N) is 6. The fraction of sp³-hybridized carbons (Fsp3) is 0. The van der Waals surface area contributed by atoms with Gasteiger partial charge in [-0.05, 0) is 60.7 Å². The van der Waals surface area contributed by atoms with E-state index in [0.717, 1.165) is 76.2 Å². The van der Waals surface area contributed by atoms with Crippen LogP contribution in [0.15, 0.2) is 167 Å². The minimum Gasteiger partial charge on any atom is -0.456 e. The molecule has 6 aromatic carbocycles. The van der Waals surface area contributed by atoms with E-state index in [1.54, 1.807) is 17.5 Å². The summed E-state index contributed by atoms with van der Waals surface area (Å²) in [6.07, 6.45) is 1.80. The highest BCUT2D eigenvalue weighted by Crippen LogP contribution is 2.42. The Morgan fingerprint density at radius 1 is 0.434 bits per heavy atom. The minimum atomic E-state index is 0.677. The normalized spacial score (nSPS) is 11.8. The largest absolute Gasteiger partial charge is 0.456 e. The van der Waals surface area contributed by atoms with Crippen LogP contribution in [-0.2, 0) is 0 Å². The number of anilines is 6. The van der Waals surface area contributed by atoms with E-state index in [4.69, 9.17) is 29.0 Å². The lowest BCUT2D eigenvalue weighted by Gasteiger charge is -2.23. The topological polar surface area (TPSA) is 84.3 Å². The van der Waals surface area contributed by atoms with Crippen molar-refractivity contribution in [3.63, 3.8) is 0 Å². The first-order chi connectivity index (χ1) is 26.2. The first-order valence-corrected chi connectivity index (χ1v) is 18.0. The number of furan rings is 2. The van der Waals surface area contributed by atoms with Crippen LogP contribution in [0, 0.1) is 0 Å². The first-order valence-electron chi connectivity index (χ1n) is 17.2. The Kier molecular flexibility index (Phi) is 6.55. The van der Waals surface area contributed by atoms with E-state index in [2.05, 4.69) is 88.7 Å². The van der Waals surface area contributed by atoms with Crippen LogP contribution < -0.4 is 9.80 Å². The third-order valence-corrected chi connectivity index (χ3v) is 10.6. The number of fused-ring (bicyclic) bond motifs is 9. The van der Waals surface area contributed by atoms with Crippen LogP contribution in [-0.4, -0.2) is 20.2 Å². The number of hydrogen-bond donors (Lipinski definition) is 0.